The number of nitrogens with one attached hydrogen (secondary N) is 1. The van der Waals surface area contributed by atoms with Crippen LogP contribution in [0.15, 0.2) is 24.3 Å². The van der Waals surface area contributed by atoms with E-state index in [1.807, 2.05) is 24.0 Å². The third-order valence-corrected chi connectivity index (χ3v) is 2.95. The van der Waals surface area contributed by atoms with E-state index in [-0.39, 0.29) is 12.5 Å². The monoisotopic (exact) mass is 289 g/mol. The number of benzene rings is 1. The molecule has 1 aromatic rings. The second-order valence-corrected chi connectivity index (χ2v) is 5.70. The van der Waals surface area contributed by atoms with Gasteiger partial charge < -0.3 is 10.4 Å². The van der Waals surface area contributed by atoms with Crippen LogP contribution >= 0.6 is 0 Å². The Balaban J connectivity index is 2.54. The zero-order valence-corrected chi connectivity index (χ0v) is 12.9. The van der Waals surface area contributed by atoms with Crippen molar-refractivity contribution in [2.24, 2.45) is 0 Å². The molecule has 1 rings (SSSR count). The van der Waals surface area contributed by atoms with Crippen LogP contribution in [0.4, 0.5) is 5.69 Å². The Morgan fingerprint density at radius 2 is 2.00 bits per heavy atom. The van der Waals surface area contributed by atoms with Gasteiger partial charge in [0.05, 0.1) is 24.6 Å². The van der Waals surface area contributed by atoms with Crippen LogP contribution in [-0.4, -0.2) is 41.1 Å². The van der Waals surface area contributed by atoms with Crippen molar-refractivity contribution in [3.63, 3.8) is 0 Å². The zero-order chi connectivity index (χ0) is 15.9. The van der Waals surface area contributed by atoms with Gasteiger partial charge in [-0.05, 0) is 38.1 Å². The largest absolute Gasteiger partial charge is 0.389 e. The SMILES string of the molecule is CCN(CC(=O)Nc1ccc(CC#N)cc1)CC(C)(C)O. The number of rotatable bonds is 7. The highest BCUT2D eigenvalue weighted by Crippen LogP contribution is 2.10. The number of hydrogen-bond acceptors (Lipinski definition) is 4. The van der Waals surface area contributed by atoms with Crippen molar-refractivity contribution < 1.29 is 9.90 Å². The van der Waals surface area contributed by atoms with E-state index >= 15 is 0 Å². The Kier molecular flexibility index (Phi) is 6.35. The number of anilines is 1. The van der Waals surface area contributed by atoms with E-state index < -0.39 is 5.60 Å². The zero-order valence-electron chi connectivity index (χ0n) is 12.9. The molecule has 0 saturated carbocycles. The lowest BCUT2D eigenvalue weighted by molar-refractivity contribution is -0.117. The molecule has 5 nitrogen and oxygen atoms in total. The van der Waals surface area contributed by atoms with Crippen LogP contribution in [0.1, 0.15) is 26.3 Å². The Hall–Kier alpha value is -1.90. The summed E-state index contributed by atoms with van der Waals surface area (Å²) in [4.78, 5) is 13.9. The van der Waals surface area contributed by atoms with Gasteiger partial charge in [0.15, 0.2) is 0 Å². The highest BCUT2D eigenvalue weighted by atomic mass is 16.3. The van der Waals surface area contributed by atoms with Crippen LogP contribution < -0.4 is 5.32 Å². The van der Waals surface area contributed by atoms with Crippen molar-refractivity contribution >= 4 is 11.6 Å². The van der Waals surface area contributed by atoms with E-state index in [0.29, 0.717) is 25.2 Å². The van der Waals surface area contributed by atoms with Gasteiger partial charge in [0, 0.05) is 12.2 Å². The molecule has 2 N–H and O–H groups in total. The molecule has 0 heterocycles. The number of hydrogen-bond donors (Lipinski definition) is 2. The fraction of sp³-hybridized carbons (Fsp3) is 0.500. The second-order valence-electron chi connectivity index (χ2n) is 5.70. The third-order valence-electron chi connectivity index (χ3n) is 2.95. The third kappa shape index (κ3) is 6.89. The quantitative estimate of drug-likeness (QED) is 0.802. The summed E-state index contributed by atoms with van der Waals surface area (Å²) in [5.74, 6) is -0.117. The molecule has 0 aliphatic heterocycles. The first-order valence-corrected chi connectivity index (χ1v) is 7.04. The molecule has 0 radical (unpaired) electrons. The summed E-state index contributed by atoms with van der Waals surface area (Å²) < 4.78 is 0. The standard InChI is InChI=1S/C16H23N3O2/c1-4-19(12-16(2,3)21)11-15(20)18-14-7-5-13(6-8-14)9-10-17/h5-8,21H,4,9,11-12H2,1-3H3,(H,18,20). The molecule has 0 saturated heterocycles. The van der Waals surface area contributed by atoms with Crippen molar-refractivity contribution in [2.75, 3.05) is 25.0 Å². The minimum atomic E-state index is -0.824. The van der Waals surface area contributed by atoms with Crippen LogP contribution in [0.5, 0.6) is 0 Å². The molecule has 0 aliphatic rings. The molecule has 114 valence electrons. The Morgan fingerprint density at radius 3 is 2.48 bits per heavy atom. The molecule has 0 aliphatic carbocycles. The molecule has 1 amide bonds. The Labute approximate surface area is 126 Å². The van der Waals surface area contributed by atoms with Crippen molar-refractivity contribution in [1.82, 2.24) is 4.90 Å². The molecule has 1 aromatic carbocycles. The summed E-state index contributed by atoms with van der Waals surface area (Å²) >= 11 is 0. The van der Waals surface area contributed by atoms with Gasteiger partial charge in [0.1, 0.15) is 0 Å². The summed E-state index contributed by atoms with van der Waals surface area (Å²) in [6.45, 7) is 6.77. The smallest absolute Gasteiger partial charge is 0.238 e. The van der Waals surface area contributed by atoms with Gasteiger partial charge in [0.25, 0.3) is 0 Å². The van der Waals surface area contributed by atoms with Crippen molar-refractivity contribution in [3.05, 3.63) is 29.8 Å². The average molecular weight is 289 g/mol. The van der Waals surface area contributed by atoms with Gasteiger partial charge >= 0.3 is 0 Å². The second kappa shape index (κ2) is 7.77. The van der Waals surface area contributed by atoms with E-state index in [1.165, 1.54) is 0 Å². The lowest BCUT2D eigenvalue weighted by Gasteiger charge is -2.27. The summed E-state index contributed by atoms with van der Waals surface area (Å²) in [7, 11) is 0. The number of aliphatic hydroxyl groups is 1. The van der Waals surface area contributed by atoms with Crippen molar-refractivity contribution in [2.45, 2.75) is 32.8 Å². The van der Waals surface area contributed by atoms with E-state index in [4.69, 9.17) is 5.26 Å². The van der Waals surface area contributed by atoms with E-state index in [1.54, 1.807) is 26.0 Å². The first kappa shape index (κ1) is 17.2. The lowest BCUT2D eigenvalue weighted by Crippen LogP contribution is -2.42. The summed E-state index contributed by atoms with van der Waals surface area (Å²) in [6.07, 6.45) is 0.365. The number of nitriles is 1. The lowest BCUT2D eigenvalue weighted by atomic mass is 10.1. The fourth-order valence-electron chi connectivity index (χ4n) is 2.03. The van der Waals surface area contributed by atoms with Crippen LogP contribution in [-0.2, 0) is 11.2 Å². The maximum Gasteiger partial charge on any atom is 0.238 e. The van der Waals surface area contributed by atoms with Crippen molar-refractivity contribution in [1.29, 1.82) is 5.26 Å². The molecular weight excluding hydrogens is 266 g/mol. The summed E-state index contributed by atoms with van der Waals surface area (Å²) in [5.41, 5.74) is 0.809. The van der Waals surface area contributed by atoms with E-state index in [2.05, 4.69) is 11.4 Å². The molecule has 0 atom stereocenters. The predicted molar refractivity (Wildman–Crippen MR) is 82.8 cm³/mol. The molecular formula is C16H23N3O2. The molecule has 21 heavy (non-hydrogen) atoms. The van der Waals surface area contributed by atoms with Gasteiger partial charge in [0.2, 0.25) is 5.91 Å². The number of nitrogens with zero attached hydrogens (tertiary/aromatic N) is 2. The maximum atomic E-state index is 12.0. The first-order valence-electron chi connectivity index (χ1n) is 7.04. The molecule has 5 heteroatoms. The minimum Gasteiger partial charge on any atom is -0.389 e. The van der Waals surface area contributed by atoms with Crippen LogP contribution in [0.25, 0.3) is 0 Å². The number of carbonyl (C=O) groups is 1. The minimum absolute atomic E-state index is 0.117. The molecule has 0 aromatic heterocycles. The number of carbonyl (C=O) groups excluding carboxylic acids is 1. The van der Waals surface area contributed by atoms with E-state index in [0.717, 1.165) is 5.56 Å². The number of likely N-dealkylation sites (N-methyl/N-ethyl adjacent to an activating group) is 1. The van der Waals surface area contributed by atoms with Crippen LogP contribution in [0, 0.1) is 11.3 Å². The van der Waals surface area contributed by atoms with Gasteiger partial charge in [-0.1, -0.05) is 19.1 Å². The first-order chi connectivity index (χ1) is 9.84. The fourth-order valence-corrected chi connectivity index (χ4v) is 2.03. The highest BCUT2D eigenvalue weighted by molar-refractivity contribution is 5.92. The van der Waals surface area contributed by atoms with Gasteiger partial charge in [-0.25, -0.2) is 0 Å². The maximum absolute atomic E-state index is 12.0. The highest BCUT2D eigenvalue weighted by Gasteiger charge is 2.19. The molecule has 0 unspecified atom stereocenters. The van der Waals surface area contributed by atoms with Crippen molar-refractivity contribution in [3.8, 4) is 6.07 Å². The van der Waals surface area contributed by atoms with Gasteiger partial charge in [-0.15, -0.1) is 0 Å². The summed E-state index contributed by atoms with van der Waals surface area (Å²) in [6, 6.07) is 9.31. The van der Waals surface area contributed by atoms with Gasteiger partial charge in [-0.3, -0.25) is 9.69 Å². The van der Waals surface area contributed by atoms with Crippen LogP contribution in [0.3, 0.4) is 0 Å². The molecule has 0 fully saturated rings. The van der Waals surface area contributed by atoms with E-state index in [9.17, 15) is 9.90 Å². The normalized spacial score (nSPS) is 11.2. The van der Waals surface area contributed by atoms with Crippen LogP contribution in [0.2, 0.25) is 0 Å². The summed E-state index contributed by atoms with van der Waals surface area (Å²) in [5, 5.41) is 21.2. The Morgan fingerprint density at radius 1 is 1.38 bits per heavy atom. The topological polar surface area (TPSA) is 76.4 Å². The average Bonchev–Trinajstić information content (AvgIpc) is 2.39. The predicted octanol–water partition coefficient (Wildman–Crippen LogP) is 1.78. The molecule has 0 bridgehead atoms. The Bertz CT molecular complexity index is 498. The molecule has 0 spiro atoms. The number of amides is 1. The van der Waals surface area contributed by atoms with Gasteiger partial charge in [-0.2, -0.15) is 5.26 Å².